The van der Waals surface area contributed by atoms with Gasteiger partial charge in [-0.15, -0.1) is 0 Å². The van der Waals surface area contributed by atoms with Crippen molar-refractivity contribution in [3.63, 3.8) is 0 Å². The molecule has 3 N–H and O–H groups in total. The number of hydrogen-bond acceptors (Lipinski definition) is 3. The van der Waals surface area contributed by atoms with E-state index in [1.165, 1.54) is 7.11 Å². The number of benzene rings is 1. The second-order valence-electron chi connectivity index (χ2n) is 4.14. The van der Waals surface area contributed by atoms with Crippen LogP contribution in [0.15, 0.2) is 29.7 Å². The summed E-state index contributed by atoms with van der Waals surface area (Å²) in [7, 11) is 1.35. The number of allylic oxidation sites excluding steroid dienone is 1. The fourth-order valence-corrected chi connectivity index (χ4v) is 1.76. The van der Waals surface area contributed by atoms with Crippen LogP contribution in [-0.2, 0) is 9.53 Å². The molecule has 0 atom stereocenters. The van der Waals surface area contributed by atoms with Crippen molar-refractivity contribution >= 4 is 17.8 Å². The summed E-state index contributed by atoms with van der Waals surface area (Å²) in [4.78, 5) is 12.0. The number of carbonyl (C=O) groups excluding carboxylic acids is 1. The number of nitrogens with zero attached hydrogens (tertiary/aromatic N) is 1. The topological polar surface area (TPSA) is 67.4 Å². The zero-order valence-corrected chi connectivity index (χ0v) is 10.8. The average Bonchev–Trinajstić information content (AvgIpc) is 3.08. The van der Waals surface area contributed by atoms with Crippen LogP contribution < -0.4 is 11.1 Å². The summed E-state index contributed by atoms with van der Waals surface area (Å²) in [6.07, 6.45) is 1.71. The van der Waals surface area contributed by atoms with E-state index in [1.807, 2.05) is 0 Å². The number of halogens is 2. The molecule has 5 nitrogen and oxygen atoms in total. The fourth-order valence-electron chi connectivity index (χ4n) is 1.76. The lowest BCUT2D eigenvalue weighted by atomic mass is 10.3. The molecule has 0 bridgehead atoms. The van der Waals surface area contributed by atoms with E-state index in [0.717, 1.165) is 18.2 Å². The smallest absolute Gasteiger partial charge is 0.317 e. The molecule has 0 saturated carbocycles. The molecule has 106 valence electrons. The number of rotatable bonds is 5. The Morgan fingerprint density at radius 3 is 2.55 bits per heavy atom. The molecule has 0 spiro atoms. The Morgan fingerprint density at radius 2 is 2.00 bits per heavy atom. The Kier molecular flexibility index (Phi) is 4.09. The summed E-state index contributed by atoms with van der Waals surface area (Å²) in [5.41, 5.74) is 6.02. The average molecular weight is 282 g/mol. The monoisotopic (exact) mass is 282 g/mol. The molecule has 0 fully saturated rings. The molecule has 1 aromatic rings. The van der Waals surface area contributed by atoms with Gasteiger partial charge in [-0.05, 0) is 12.1 Å². The van der Waals surface area contributed by atoms with Crippen LogP contribution in [0.4, 0.5) is 14.5 Å². The van der Waals surface area contributed by atoms with Crippen LogP contribution >= 0.6 is 0 Å². The van der Waals surface area contributed by atoms with Gasteiger partial charge in [0.1, 0.15) is 11.6 Å². The largest absolute Gasteiger partial charge is 0.486 e. The van der Waals surface area contributed by atoms with Crippen LogP contribution in [0, 0.1) is 11.6 Å². The number of carbonyl (C=O) groups is 1. The summed E-state index contributed by atoms with van der Waals surface area (Å²) in [6, 6.07) is 2.77. The summed E-state index contributed by atoms with van der Waals surface area (Å²) < 4.78 is 32.8. The van der Waals surface area contributed by atoms with Crippen molar-refractivity contribution < 1.29 is 22.9 Å². The minimum atomic E-state index is -0.769. The lowest BCUT2D eigenvalue weighted by Gasteiger charge is -2.06. The van der Waals surface area contributed by atoms with Crippen LogP contribution in [0.5, 0.6) is 0 Å². The van der Waals surface area contributed by atoms with E-state index < -0.39 is 17.5 Å². The van der Waals surface area contributed by atoms with Crippen molar-refractivity contribution in [3.05, 3.63) is 41.3 Å². The molecule has 1 aromatic carbocycles. The van der Waals surface area contributed by atoms with Gasteiger partial charge in [-0.25, -0.2) is 8.78 Å². The minimum Gasteiger partial charge on any atom is -0.486 e. The van der Waals surface area contributed by atoms with E-state index >= 15 is 0 Å². The molecule has 7 heteroatoms. The first kappa shape index (κ1) is 14.1. The number of hydrogen-bond donors (Lipinski definition) is 2. The number of nitrogens with one attached hydrogen (secondary N) is 1. The van der Waals surface area contributed by atoms with E-state index in [0.29, 0.717) is 18.8 Å². The van der Waals surface area contributed by atoms with E-state index in [1.54, 1.807) is 10.8 Å². The number of anilines is 1. The van der Waals surface area contributed by atoms with E-state index in [2.05, 4.69) is 5.32 Å². The zero-order chi connectivity index (χ0) is 14.7. The molecule has 2 rings (SSSR count). The third-order valence-electron chi connectivity index (χ3n) is 2.65. The predicted molar refractivity (Wildman–Crippen MR) is 69.3 cm³/mol. The first-order valence-corrected chi connectivity index (χ1v) is 5.92. The van der Waals surface area contributed by atoms with Crippen molar-refractivity contribution in [2.45, 2.75) is 0 Å². The molecule has 1 aliphatic rings. The first-order valence-electron chi connectivity index (χ1n) is 5.92. The van der Waals surface area contributed by atoms with Crippen molar-refractivity contribution in [2.75, 3.05) is 25.5 Å². The molecule has 1 amide bonds. The van der Waals surface area contributed by atoms with Gasteiger partial charge in [0.25, 0.3) is 11.7 Å². The molecule has 0 aromatic heterocycles. The fraction of sp³-hybridized carbons (Fsp3) is 0.231. The summed E-state index contributed by atoms with van der Waals surface area (Å²) in [5.74, 6) is -2.05. The Hall–Kier alpha value is -2.28. The van der Waals surface area contributed by atoms with Gasteiger partial charge >= 0.3 is 5.70 Å². The highest BCUT2D eigenvalue weighted by Gasteiger charge is 2.36. The van der Waals surface area contributed by atoms with E-state index in [4.69, 9.17) is 10.5 Å². The second-order valence-corrected chi connectivity index (χ2v) is 4.14. The summed E-state index contributed by atoms with van der Waals surface area (Å²) in [5, 5.41) is 2.38. The highest BCUT2D eigenvalue weighted by Crippen LogP contribution is 2.18. The second kappa shape index (κ2) is 5.79. The molecule has 0 radical (unpaired) electrons. The van der Waals surface area contributed by atoms with Gasteiger partial charge in [-0.2, -0.15) is 4.58 Å². The normalized spacial score (nSPS) is 15.5. The van der Waals surface area contributed by atoms with Crippen molar-refractivity contribution in [3.8, 4) is 0 Å². The lowest BCUT2D eigenvalue weighted by Crippen LogP contribution is -2.18. The predicted octanol–water partition coefficient (Wildman–Crippen LogP) is 0.817. The molecular formula is C13H14F2N3O2+. The van der Waals surface area contributed by atoms with Gasteiger partial charge in [-0.3, -0.25) is 4.79 Å². The van der Waals surface area contributed by atoms with Crippen LogP contribution in [0.2, 0.25) is 0 Å². The van der Waals surface area contributed by atoms with Crippen molar-refractivity contribution in [1.29, 1.82) is 0 Å². The SMILES string of the molecule is CO/C(C(=O)Nc1cc(F)cc(F)c1)=C1C=[N+]/1CCN. The molecule has 0 saturated heterocycles. The Morgan fingerprint density at radius 1 is 1.35 bits per heavy atom. The zero-order valence-electron chi connectivity index (χ0n) is 10.8. The molecule has 1 aliphatic heterocycles. The quantitative estimate of drug-likeness (QED) is 0.477. The van der Waals surface area contributed by atoms with Gasteiger partial charge in [0.15, 0.2) is 6.54 Å². The Balaban J connectivity index is 2.11. The molecule has 20 heavy (non-hydrogen) atoms. The molecule has 1 heterocycles. The van der Waals surface area contributed by atoms with Gasteiger partial charge in [0.2, 0.25) is 6.21 Å². The highest BCUT2D eigenvalue weighted by atomic mass is 19.1. The Bertz CT molecular complexity index is 591. The van der Waals surface area contributed by atoms with E-state index in [-0.39, 0.29) is 11.4 Å². The van der Waals surface area contributed by atoms with Crippen LogP contribution in [0.1, 0.15) is 0 Å². The maximum atomic E-state index is 13.0. The van der Waals surface area contributed by atoms with Gasteiger partial charge in [-0.1, -0.05) is 0 Å². The molecular weight excluding hydrogens is 268 g/mol. The maximum absolute atomic E-state index is 13.0. The number of nitrogens with two attached hydrogens (primary N) is 1. The summed E-state index contributed by atoms with van der Waals surface area (Å²) >= 11 is 0. The standard InChI is InChI=1S/C13H13F2N3O2/c1-20-12(11-7-18(11)3-2-16)13(19)17-10-5-8(14)4-9(15)6-10/h4-7H,2-3,16H2,1H3/p+1/b12-11-. The van der Waals surface area contributed by atoms with Gasteiger partial charge in [0, 0.05) is 11.8 Å². The molecule has 0 aliphatic carbocycles. The minimum absolute atomic E-state index is 0.0219. The van der Waals surface area contributed by atoms with Crippen molar-refractivity contribution in [2.24, 2.45) is 5.73 Å². The van der Waals surface area contributed by atoms with Gasteiger partial charge in [0.05, 0.1) is 13.7 Å². The van der Waals surface area contributed by atoms with E-state index in [9.17, 15) is 13.6 Å². The number of methoxy groups -OCH3 is 1. The molecule has 0 unspecified atom stereocenters. The van der Waals surface area contributed by atoms with Crippen LogP contribution in [-0.4, -0.2) is 36.9 Å². The highest BCUT2D eigenvalue weighted by molar-refractivity contribution is 6.06. The third-order valence-corrected chi connectivity index (χ3v) is 2.65. The first-order chi connectivity index (χ1) is 9.55. The number of amides is 1. The van der Waals surface area contributed by atoms with Crippen LogP contribution in [0.3, 0.4) is 0 Å². The van der Waals surface area contributed by atoms with Crippen molar-refractivity contribution in [1.82, 2.24) is 0 Å². The maximum Gasteiger partial charge on any atom is 0.317 e. The van der Waals surface area contributed by atoms with Gasteiger partial charge < -0.3 is 15.8 Å². The van der Waals surface area contributed by atoms with Crippen LogP contribution in [0.25, 0.3) is 0 Å². The summed E-state index contributed by atoms with van der Waals surface area (Å²) in [6.45, 7) is 1.01. The lowest BCUT2D eigenvalue weighted by molar-refractivity contribution is -0.402. The number of ether oxygens (including phenoxy) is 1. The third kappa shape index (κ3) is 3.18. The Labute approximate surface area is 114 Å².